The van der Waals surface area contributed by atoms with E-state index in [2.05, 4.69) is 17.9 Å². The van der Waals surface area contributed by atoms with Crippen LogP contribution >= 0.6 is 24.0 Å². The van der Waals surface area contributed by atoms with Crippen LogP contribution in [0.3, 0.4) is 0 Å². The molecule has 0 saturated carbocycles. The number of amides is 1. The van der Waals surface area contributed by atoms with Crippen molar-refractivity contribution in [2.75, 3.05) is 24.5 Å². The molecule has 33 heavy (non-hydrogen) atoms. The first-order valence-corrected chi connectivity index (χ1v) is 12.7. The van der Waals surface area contributed by atoms with Gasteiger partial charge in [0.2, 0.25) is 0 Å². The highest BCUT2D eigenvalue weighted by molar-refractivity contribution is 8.26. The first-order valence-electron chi connectivity index (χ1n) is 11.5. The average Bonchev–Trinajstić information content (AvgIpc) is 3.02. The fourth-order valence-electron chi connectivity index (χ4n) is 4.47. The van der Waals surface area contributed by atoms with E-state index in [1.807, 2.05) is 13.8 Å². The van der Waals surface area contributed by atoms with Gasteiger partial charge in [-0.2, -0.15) is 5.26 Å². The molecule has 178 valence electrons. The zero-order chi connectivity index (χ0) is 24.3. The quantitative estimate of drug-likeness (QED) is 0.327. The van der Waals surface area contributed by atoms with E-state index in [1.54, 1.807) is 24.9 Å². The Balaban J connectivity index is 2.05. The number of carbonyl (C=O) groups is 1. The molecule has 2 unspecified atom stereocenters. The molecule has 1 amide bonds. The van der Waals surface area contributed by atoms with Gasteiger partial charge in [0.25, 0.3) is 11.5 Å². The van der Waals surface area contributed by atoms with Crippen LogP contribution in [0.1, 0.15) is 63.1 Å². The number of carbonyl (C=O) groups excluding carboxylic acids is 1. The predicted molar refractivity (Wildman–Crippen MR) is 137 cm³/mol. The van der Waals surface area contributed by atoms with Crippen LogP contribution in [-0.2, 0) is 16.6 Å². The molecule has 2 aliphatic rings. The fraction of sp³-hybridized carbons (Fsp3) is 0.583. The van der Waals surface area contributed by atoms with Gasteiger partial charge in [0.15, 0.2) is 0 Å². The Morgan fingerprint density at radius 1 is 1.21 bits per heavy atom. The van der Waals surface area contributed by atoms with Crippen molar-refractivity contribution < 1.29 is 9.53 Å². The number of rotatable bonds is 7. The van der Waals surface area contributed by atoms with Gasteiger partial charge >= 0.3 is 0 Å². The maximum atomic E-state index is 13.2. The number of hydrogen-bond donors (Lipinski definition) is 0. The monoisotopic (exact) mass is 488 g/mol. The minimum absolute atomic E-state index is 0.00557. The summed E-state index contributed by atoms with van der Waals surface area (Å²) in [6.07, 6.45) is 6.05. The summed E-state index contributed by atoms with van der Waals surface area (Å²) in [6.45, 7) is 9.77. The lowest BCUT2D eigenvalue weighted by molar-refractivity contribution is -0.122. The SMILES string of the molecule is CCCCCCN1C(=O)C(=Cc2c(C)c(C#N)c(=O)n(C)c2N2CC(C)OC(C)C2)SC1=S. The van der Waals surface area contributed by atoms with Gasteiger partial charge in [0, 0.05) is 32.2 Å². The van der Waals surface area contributed by atoms with E-state index in [0.717, 1.165) is 25.7 Å². The van der Waals surface area contributed by atoms with E-state index in [1.165, 1.54) is 16.3 Å². The zero-order valence-electron chi connectivity index (χ0n) is 20.0. The van der Waals surface area contributed by atoms with Crippen LogP contribution in [0.4, 0.5) is 5.82 Å². The van der Waals surface area contributed by atoms with E-state index < -0.39 is 0 Å². The number of morpholine rings is 1. The highest BCUT2D eigenvalue weighted by atomic mass is 32.2. The molecule has 0 bridgehead atoms. The second kappa shape index (κ2) is 10.9. The molecule has 2 fully saturated rings. The smallest absolute Gasteiger partial charge is 0.270 e. The highest BCUT2D eigenvalue weighted by Crippen LogP contribution is 2.36. The van der Waals surface area contributed by atoms with Gasteiger partial charge < -0.3 is 9.64 Å². The molecule has 0 aliphatic carbocycles. The Morgan fingerprint density at radius 2 is 1.88 bits per heavy atom. The maximum absolute atomic E-state index is 13.2. The normalized spacial score (nSPS) is 22.4. The fourth-order valence-corrected chi connectivity index (χ4v) is 5.76. The van der Waals surface area contributed by atoms with Gasteiger partial charge in [-0.15, -0.1) is 0 Å². The molecule has 2 aliphatic heterocycles. The Morgan fingerprint density at radius 3 is 2.48 bits per heavy atom. The van der Waals surface area contributed by atoms with Crippen molar-refractivity contribution in [3.05, 3.63) is 31.9 Å². The average molecular weight is 489 g/mol. The first-order chi connectivity index (χ1) is 15.7. The number of thioether (sulfide) groups is 1. The minimum atomic E-state index is -0.336. The van der Waals surface area contributed by atoms with Gasteiger partial charge in [-0.3, -0.25) is 19.1 Å². The lowest BCUT2D eigenvalue weighted by Gasteiger charge is -2.38. The standard InChI is InChI=1S/C24H32N4O3S2/c1-6-7-8-9-10-28-23(30)20(33-24(28)32)11-18-17(4)19(12-25)22(29)26(5)21(18)27-13-15(2)31-16(3)14-27/h11,15-16H,6-10,13-14H2,1-5H3. The molecule has 1 aromatic heterocycles. The molecule has 1 aromatic rings. The molecule has 3 rings (SSSR count). The van der Waals surface area contributed by atoms with Crippen molar-refractivity contribution in [1.82, 2.24) is 9.47 Å². The van der Waals surface area contributed by atoms with E-state index in [0.29, 0.717) is 45.8 Å². The molecular weight excluding hydrogens is 456 g/mol. The predicted octanol–water partition coefficient (Wildman–Crippen LogP) is 3.96. The number of anilines is 1. The van der Waals surface area contributed by atoms with E-state index in [4.69, 9.17) is 17.0 Å². The van der Waals surface area contributed by atoms with Gasteiger partial charge in [-0.05, 0) is 38.8 Å². The number of nitrogens with zero attached hydrogens (tertiary/aromatic N) is 4. The third-order valence-corrected chi connectivity index (χ3v) is 7.45. The lowest BCUT2D eigenvalue weighted by Crippen LogP contribution is -2.47. The third kappa shape index (κ3) is 5.34. The Labute approximate surface area is 205 Å². The first kappa shape index (κ1) is 25.5. The van der Waals surface area contributed by atoms with Gasteiger partial charge in [0.1, 0.15) is 21.8 Å². The minimum Gasteiger partial charge on any atom is -0.372 e. The summed E-state index contributed by atoms with van der Waals surface area (Å²) in [6, 6.07) is 2.05. The van der Waals surface area contributed by atoms with Crippen LogP contribution < -0.4 is 10.5 Å². The van der Waals surface area contributed by atoms with Crippen molar-refractivity contribution in [2.45, 2.75) is 65.6 Å². The number of ether oxygens (including phenoxy) is 1. The van der Waals surface area contributed by atoms with Crippen LogP contribution in [-0.4, -0.2) is 51.5 Å². The lowest BCUT2D eigenvalue weighted by atomic mass is 10.0. The number of pyridine rings is 1. The Bertz CT molecular complexity index is 1060. The topological polar surface area (TPSA) is 78.6 Å². The number of unbranched alkanes of at least 4 members (excludes halogenated alkanes) is 3. The van der Waals surface area contributed by atoms with Crippen LogP contribution in [0.2, 0.25) is 0 Å². The van der Waals surface area contributed by atoms with E-state index in [-0.39, 0.29) is 29.2 Å². The molecule has 7 nitrogen and oxygen atoms in total. The summed E-state index contributed by atoms with van der Waals surface area (Å²) in [5, 5.41) is 9.65. The summed E-state index contributed by atoms with van der Waals surface area (Å²) in [7, 11) is 1.68. The third-order valence-electron chi connectivity index (χ3n) is 6.07. The molecule has 9 heteroatoms. The summed E-state index contributed by atoms with van der Waals surface area (Å²) >= 11 is 6.78. The molecule has 0 radical (unpaired) electrons. The Hall–Kier alpha value is -2.15. The van der Waals surface area contributed by atoms with Crippen molar-refractivity contribution in [3.8, 4) is 6.07 Å². The van der Waals surface area contributed by atoms with E-state index >= 15 is 0 Å². The molecule has 2 atom stereocenters. The van der Waals surface area contributed by atoms with Crippen molar-refractivity contribution >= 4 is 46.1 Å². The van der Waals surface area contributed by atoms with Crippen molar-refractivity contribution in [3.63, 3.8) is 0 Å². The van der Waals surface area contributed by atoms with Crippen LogP contribution in [0.5, 0.6) is 0 Å². The molecule has 0 spiro atoms. The second-order valence-electron chi connectivity index (χ2n) is 8.77. The van der Waals surface area contributed by atoms with Crippen molar-refractivity contribution in [2.24, 2.45) is 7.05 Å². The highest BCUT2D eigenvalue weighted by Gasteiger charge is 2.33. The van der Waals surface area contributed by atoms with Gasteiger partial charge in [-0.25, -0.2) is 0 Å². The summed E-state index contributed by atoms with van der Waals surface area (Å²) in [5.41, 5.74) is 1.05. The molecule has 0 N–H and O–H groups in total. The maximum Gasteiger partial charge on any atom is 0.270 e. The Kier molecular flexibility index (Phi) is 8.38. The van der Waals surface area contributed by atoms with Gasteiger partial charge in [0.05, 0.1) is 17.1 Å². The van der Waals surface area contributed by atoms with E-state index in [9.17, 15) is 14.9 Å². The van der Waals surface area contributed by atoms with Crippen LogP contribution in [0.15, 0.2) is 9.70 Å². The van der Waals surface area contributed by atoms with Crippen LogP contribution in [0.25, 0.3) is 6.08 Å². The van der Waals surface area contributed by atoms with Crippen molar-refractivity contribution in [1.29, 1.82) is 5.26 Å². The second-order valence-corrected chi connectivity index (χ2v) is 10.4. The van der Waals surface area contributed by atoms with Gasteiger partial charge in [-0.1, -0.05) is 50.2 Å². The summed E-state index contributed by atoms with van der Waals surface area (Å²) in [5.74, 6) is 0.592. The molecule has 0 aromatic carbocycles. The number of hydrogen-bond acceptors (Lipinski definition) is 7. The largest absolute Gasteiger partial charge is 0.372 e. The zero-order valence-corrected chi connectivity index (χ0v) is 21.6. The summed E-state index contributed by atoms with van der Waals surface area (Å²) < 4.78 is 7.96. The number of nitriles is 1. The molecular formula is C24H32N4O3S2. The number of thiocarbonyl (C=S) groups is 1. The summed E-state index contributed by atoms with van der Waals surface area (Å²) in [4.78, 5) is 30.4. The number of aromatic nitrogens is 1. The molecule has 3 heterocycles. The molecule has 2 saturated heterocycles. The van der Waals surface area contributed by atoms with Crippen LogP contribution in [0, 0.1) is 18.3 Å².